The third-order valence-corrected chi connectivity index (χ3v) is 4.37. The molecule has 0 aromatic carbocycles. The van der Waals surface area contributed by atoms with Crippen LogP contribution in [0.2, 0.25) is 0 Å². The minimum Gasteiger partial charge on any atom is -0.381 e. The van der Waals surface area contributed by atoms with E-state index < -0.39 is 0 Å². The quantitative estimate of drug-likeness (QED) is 0.422. The van der Waals surface area contributed by atoms with Gasteiger partial charge in [-0.3, -0.25) is 4.99 Å². The standard InChI is InChI=1S/C15H26N4OS.HI/c1-4-16-15(19(3)9-13-6-8-20-10-13)17-7-5-14-11-21-12(2)18-14;/h11,13H,4-10H2,1-3H3,(H,16,17);1H. The summed E-state index contributed by atoms with van der Waals surface area (Å²) in [4.78, 5) is 11.4. The first-order valence-electron chi connectivity index (χ1n) is 7.67. The van der Waals surface area contributed by atoms with Gasteiger partial charge in [0.1, 0.15) is 0 Å². The Bertz CT molecular complexity index is 460. The number of nitrogens with zero attached hydrogens (tertiary/aromatic N) is 3. The van der Waals surface area contributed by atoms with Crippen molar-refractivity contribution in [1.29, 1.82) is 0 Å². The van der Waals surface area contributed by atoms with Gasteiger partial charge in [-0.25, -0.2) is 4.98 Å². The molecule has 1 aromatic heterocycles. The molecule has 1 aliphatic rings. The molecule has 0 amide bonds. The zero-order valence-electron chi connectivity index (χ0n) is 13.7. The van der Waals surface area contributed by atoms with Crippen LogP contribution in [0.3, 0.4) is 0 Å². The SMILES string of the molecule is CCNC(=NCCc1csc(C)n1)N(C)CC1CCOC1.I. The van der Waals surface area contributed by atoms with Gasteiger partial charge in [0.15, 0.2) is 5.96 Å². The van der Waals surface area contributed by atoms with Gasteiger partial charge in [-0.15, -0.1) is 35.3 Å². The highest BCUT2D eigenvalue weighted by Crippen LogP contribution is 2.13. The molecule has 2 heterocycles. The minimum absolute atomic E-state index is 0. The number of aliphatic imine (C=N–C) groups is 1. The Morgan fingerprint density at radius 2 is 2.41 bits per heavy atom. The molecular weight excluding hydrogens is 411 g/mol. The van der Waals surface area contributed by atoms with Crippen molar-refractivity contribution in [1.82, 2.24) is 15.2 Å². The third kappa shape index (κ3) is 6.37. The van der Waals surface area contributed by atoms with Crippen LogP contribution in [0.1, 0.15) is 24.0 Å². The van der Waals surface area contributed by atoms with E-state index >= 15 is 0 Å². The molecule has 1 aliphatic heterocycles. The highest BCUT2D eigenvalue weighted by Gasteiger charge is 2.18. The van der Waals surface area contributed by atoms with Crippen molar-refractivity contribution in [2.24, 2.45) is 10.9 Å². The molecule has 7 heteroatoms. The van der Waals surface area contributed by atoms with Crippen molar-refractivity contribution >= 4 is 41.3 Å². The lowest BCUT2D eigenvalue weighted by Gasteiger charge is -2.24. The predicted molar refractivity (Wildman–Crippen MR) is 104 cm³/mol. The zero-order chi connectivity index (χ0) is 15.1. The van der Waals surface area contributed by atoms with E-state index in [4.69, 9.17) is 9.73 Å². The van der Waals surface area contributed by atoms with Crippen molar-refractivity contribution < 1.29 is 4.74 Å². The molecule has 1 fully saturated rings. The van der Waals surface area contributed by atoms with Crippen molar-refractivity contribution in [2.75, 3.05) is 39.9 Å². The third-order valence-electron chi connectivity index (χ3n) is 3.55. The van der Waals surface area contributed by atoms with E-state index in [1.165, 1.54) is 0 Å². The summed E-state index contributed by atoms with van der Waals surface area (Å²) in [7, 11) is 2.10. The van der Waals surface area contributed by atoms with E-state index in [0.717, 1.165) is 62.4 Å². The van der Waals surface area contributed by atoms with E-state index in [-0.39, 0.29) is 24.0 Å². The average molecular weight is 438 g/mol. The molecule has 2 rings (SSSR count). The minimum atomic E-state index is 0. The number of ether oxygens (including phenoxy) is 1. The van der Waals surface area contributed by atoms with Gasteiger partial charge in [-0.05, 0) is 20.3 Å². The lowest BCUT2D eigenvalue weighted by Crippen LogP contribution is -2.41. The largest absolute Gasteiger partial charge is 0.381 e. The van der Waals surface area contributed by atoms with Crippen molar-refractivity contribution in [3.8, 4) is 0 Å². The van der Waals surface area contributed by atoms with E-state index in [1.54, 1.807) is 11.3 Å². The Hall–Kier alpha value is -0.410. The number of aromatic nitrogens is 1. The van der Waals surface area contributed by atoms with Gasteiger partial charge in [-0.1, -0.05) is 0 Å². The molecule has 1 aromatic rings. The number of aryl methyl sites for hydroxylation is 1. The van der Waals surface area contributed by atoms with Crippen molar-refractivity contribution in [3.63, 3.8) is 0 Å². The van der Waals surface area contributed by atoms with Crippen LogP contribution < -0.4 is 5.32 Å². The van der Waals surface area contributed by atoms with Crippen LogP contribution in [0.5, 0.6) is 0 Å². The van der Waals surface area contributed by atoms with Gasteiger partial charge in [-0.2, -0.15) is 0 Å². The molecule has 126 valence electrons. The summed E-state index contributed by atoms with van der Waals surface area (Å²) in [5.41, 5.74) is 1.14. The molecule has 0 bridgehead atoms. The normalized spacial score (nSPS) is 18.1. The number of guanidine groups is 1. The first kappa shape index (κ1) is 19.6. The molecular formula is C15H27IN4OS. The first-order valence-corrected chi connectivity index (χ1v) is 8.55. The van der Waals surface area contributed by atoms with Crippen LogP contribution in [0.15, 0.2) is 10.4 Å². The molecule has 0 aliphatic carbocycles. The fourth-order valence-corrected chi connectivity index (χ4v) is 3.12. The second kappa shape index (κ2) is 10.4. The molecule has 1 N–H and O–H groups in total. The zero-order valence-corrected chi connectivity index (χ0v) is 16.8. The summed E-state index contributed by atoms with van der Waals surface area (Å²) in [6.45, 7) is 8.58. The summed E-state index contributed by atoms with van der Waals surface area (Å²) in [5.74, 6) is 1.61. The van der Waals surface area contributed by atoms with Crippen molar-refractivity contribution in [2.45, 2.75) is 26.7 Å². The van der Waals surface area contributed by atoms with Gasteiger partial charge >= 0.3 is 0 Å². The Morgan fingerprint density at radius 3 is 3.00 bits per heavy atom. The molecule has 0 saturated carbocycles. The summed E-state index contributed by atoms with van der Waals surface area (Å²) >= 11 is 1.70. The monoisotopic (exact) mass is 438 g/mol. The Labute approximate surface area is 154 Å². The van der Waals surface area contributed by atoms with Gasteiger partial charge in [0.05, 0.1) is 17.3 Å². The van der Waals surface area contributed by atoms with Crippen LogP contribution in [-0.4, -0.2) is 55.7 Å². The summed E-state index contributed by atoms with van der Waals surface area (Å²) in [6, 6.07) is 0. The number of rotatable bonds is 6. The lowest BCUT2D eigenvalue weighted by molar-refractivity contribution is 0.181. The van der Waals surface area contributed by atoms with Crippen molar-refractivity contribution in [3.05, 3.63) is 16.1 Å². The lowest BCUT2D eigenvalue weighted by atomic mass is 10.1. The van der Waals surface area contributed by atoms with Gasteiger partial charge in [0.2, 0.25) is 0 Å². The first-order chi connectivity index (χ1) is 10.2. The maximum atomic E-state index is 5.44. The van der Waals surface area contributed by atoms with Crippen LogP contribution in [0, 0.1) is 12.8 Å². The fourth-order valence-electron chi connectivity index (χ4n) is 2.47. The second-order valence-electron chi connectivity index (χ2n) is 5.45. The van der Waals surface area contributed by atoms with Gasteiger partial charge in [0, 0.05) is 51.0 Å². The number of halogens is 1. The van der Waals surface area contributed by atoms with Crippen LogP contribution in [-0.2, 0) is 11.2 Å². The second-order valence-corrected chi connectivity index (χ2v) is 6.52. The number of hydrogen-bond acceptors (Lipinski definition) is 4. The molecule has 5 nitrogen and oxygen atoms in total. The topological polar surface area (TPSA) is 49.8 Å². The molecule has 22 heavy (non-hydrogen) atoms. The van der Waals surface area contributed by atoms with Crippen LogP contribution in [0.4, 0.5) is 0 Å². The van der Waals surface area contributed by atoms with E-state index in [0.29, 0.717) is 5.92 Å². The molecule has 0 spiro atoms. The molecule has 1 atom stereocenters. The molecule has 1 saturated heterocycles. The summed E-state index contributed by atoms with van der Waals surface area (Å²) in [6.07, 6.45) is 2.06. The van der Waals surface area contributed by atoms with Crippen LogP contribution >= 0.6 is 35.3 Å². The van der Waals surface area contributed by atoms with Gasteiger partial charge in [0.25, 0.3) is 0 Å². The molecule has 1 unspecified atom stereocenters. The highest BCUT2D eigenvalue weighted by atomic mass is 127. The Kier molecular flexibility index (Phi) is 9.27. The number of nitrogens with one attached hydrogen (secondary N) is 1. The number of hydrogen-bond donors (Lipinski definition) is 1. The summed E-state index contributed by atoms with van der Waals surface area (Å²) in [5, 5.41) is 6.61. The maximum Gasteiger partial charge on any atom is 0.193 e. The smallest absolute Gasteiger partial charge is 0.193 e. The van der Waals surface area contributed by atoms with E-state index in [1.807, 2.05) is 6.92 Å². The Balaban J connectivity index is 0.00000242. The van der Waals surface area contributed by atoms with Crippen LogP contribution in [0.25, 0.3) is 0 Å². The summed E-state index contributed by atoms with van der Waals surface area (Å²) < 4.78 is 5.44. The number of thiazole rings is 1. The fraction of sp³-hybridized carbons (Fsp3) is 0.733. The average Bonchev–Trinajstić information content (AvgIpc) is 3.09. The molecule has 0 radical (unpaired) electrons. The predicted octanol–water partition coefficient (Wildman–Crippen LogP) is 2.55. The van der Waals surface area contributed by atoms with Gasteiger partial charge < -0.3 is 15.0 Å². The maximum absolute atomic E-state index is 5.44. The Morgan fingerprint density at radius 1 is 1.59 bits per heavy atom. The van der Waals surface area contributed by atoms with E-state index in [9.17, 15) is 0 Å². The van der Waals surface area contributed by atoms with E-state index in [2.05, 4.69) is 34.6 Å². The highest BCUT2D eigenvalue weighted by molar-refractivity contribution is 14.0.